The van der Waals surface area contributed by atoms with Crippen LogP contribution in [0.4, 0.5) is 4.39 Å². The van der Waals surface area contributed by atoms with Gasteiger partial charge in [-0.2, -0.15) is 0 Å². The minimum absolute atomic E-state index is 0.190. The summed E-state index contributed by atoms with van der Waals surface area (Å²) in [6.45, 7) is 6.70. The Bertz CT molecular complexity index is 550. The van der Waals surface area contributed by atoms with Crippen LogP contribution in [0.5, 0.6) is 0 Å². The summed E-state index contributed by atoms with van der Waals surface area (Å²) < 4.78 is 19.8. The van der Waals surface area contributed by atoms with E-state index in [4.69, 9.17) is 4.74 Å². The molecule has 1 heterocycles. The van der Waals surface area contributed by atoms with E-state index in [1.807, 2.05) is 6.07 Å². The van der Waals surface area contributed by atoms with Crippen LogP contribution in [0.15, 0.2) is 18.2 Å². The molecule has 1 aromatic heterocycles. The number of nitrogens with one attached hydrogen (secondary N) is 1. The zero-order valence-electron chi connectivity index (χ0n) is 11.6. The summed E-state index contributed by atoms with van der Waals surface area (Å²) in [5, 5.41) is 4.42. The van der Waals surface area contributed by atoms with E-state index in [9.17, 15) is 4.39 Å². The monoisotopic (exact) mass is 281 g/mol. The highest BCUT2D eigenvalue weighted by atomic mass is 32.1. The molecule has 0 spiro atoms. The van der Waals surface area contributed by atoms with Crippen molar-refractivity contribution in [2.24, 2.45) is 5.92 Å². The molecule has 2 aromatic rings. The summed E-state index contributed by atoms with van der Waals surface area (Å²) in [7, 11) is 1.67. The van der Waals surface area contributed by atoms with Crippen molar-refractivity contribution in [1.82, 2.24) is 5.32 Å². The van der Waals surface area contributed by atoms with Gasteiger partial charge < -0.3 is 10.1 Å². The molecule has 1 aromatic carbocycles. The molecule has 0 amide bonds. The third kappa shape index (κ3) is 3.53. The quantitative estimate of drug-likeness (QED) is 0.866. The maximum Gasteiger partial charge on any atom is 0.123 e. The first-order chi connectivity index (χ1) is 9.11. The van der Waals surface area contributed by atoms with Crippen LogP contribution in [0.25, 0.3) is 10.1 Å². The molecule has 0 bridgehead atoms. The van der Waals surface area contributed by atoms with Crippen molar-refractivity contribution < 1.29 is 9.13 Å². The predicted octanol–water partition coefficient (Wildman–Crippen LogP) is 3.93. The van der Waals surface area contributed by atoms with Gasteiger partial charge in [0, 0.05) is 34.2 Å². The summed E-state index contributed by atoms with van der Waals surface area (Å²) >= 11 is 1.72. The highest BCUT2D eigenvalue weighted by Gasteiger charge is 2.12. The molecular weight excluding hydrogens is 261 g/mol. The molecule has 2 rings (SSSR count). The number of ether oxygens (including phenoxy) is 1. The van der Waals surface area contributed by atoms with E-state index >= 15 is 0 Å². The zero-order valence-corrected chi connectivity index (χ0v) is 12.4. The molecule has 1 N–H and O–H groups in total. The van der Waals surface area contributed by atoms with Gasteiger partial charge in [-0.05, 0) is 30.7 Å². The molecule has 2 nitrogen and oxygen atoms in total. The SMILES string of the molecule is COCc1c(CNCC(C)C)sc2ccc(F)cc12. The second kappa shape index (κ2) is 6.46. The topological polar surface area (TPSA) is 21.3 Å². The number of hydrogen-bond donors (Lipinski definition) is 1. The lowest BCUT2D eigenvalue weighted by molar-refractivity contribution is 0.185. The molecule has 0 unspecified atom stereocenters. The van der Waals surface area contributed by atoms with Crippen molar-refractivity contribution in [2.45, 2.75) is 27.0 Å². The van der Waals surface area contributed by atoms with Crippen LogP contribution in [0.1, 0.15) is 24.3 Å². The van der Waals surface area contributed by atoms with Gasteiger partial charge in [0.1, 0.15) is 5.82 Å². The minimum Gasteiger partial charge on any atom is -0.380 e. The Hall–Kier alpha value is -0.970. The number of halogens is 1. The fourth-order valence-electron chi connectivity index (χ4n) is 2.09. The summed E-state index contributed by atoms with van der Waals surface area (Å²) in [5.74, 6) is 0.432. The van der Waals surface area contributed by atoms with Gasteiger partial charge in [-0.15, -0.1) is 11.3 Å². The Morgan fingerprint density at radius 2 is 2.16 bits per heavy atom. The zero-order chi connectivity index (χ0) is 13.8. The molecule has 0 atom stereocenters. The van der Waals surface area contributed by atoms with Crippen LogP contribution >= 0.6 is 11.3 Å². The Kier molecular flexibility index (Phi) is 4.91. The van der Waals surface area contributed by atoms with E-state index in [0.717, 1.165) is 28.7 Å². The second-order valence-corrected chi connectivity index (χ2v) is 6.24. The number of fused-ring (bicyclic) bond motifs is 1. The number of hydrogen-bond acceptors (Lipinski definition) is 3. The number of thiophene rings is 1. The van der Waals surface area contributed by atoms with E-state index in [2.05, 4.69) is 19.2 Å². The van der Waals surface area contributed by atoms with E-state index in [1.54, 1.807) is 24.5 Å². The normalized spacial score (nSPS) is 11.6. The van der Waals surface area contributed by atoms with Gasteiger partial charge in [0.2, 0.25) is 0 Å². The van der Waals surface area contributed by atoms with Gasteiger partial charge in [0.05, 0.1) is 6.61 Å². The molecular formula is C15H20FNOS. The second-order valence-electron chi connectivity index (χ2n) is 5.10. The molecule has 19 heavy (non-hydrogen) atoms. The van der Waals surface area contributed by atoms with Crippen molar-refractivity contribution in [2.75, 3.05) is 13.7 Å². The third-order valence-corrected chi connectivity index (χ3v) is 4.18. The maximum atomic E-state index is 13.4. The van der Waals surface area contributed by atoms with Crippen molar-refractivity contribution in [3.05, 3.63) is 34.5 Å². The van der Waals surface area contributed by atoms with Crippen LogP contribution in [-0.2, 0) is 17.9 Å². The molecule has 0 aliphatic rings. The summed E-state index contributed by atoms with van der Waals surface area (Å²) in [6, 6.07) is 4.97. The molecule has 0 aliphatic carbocycles. The summed E-state index contributed by atoms with van der Waals surface area (Å²) in [5.41, 5.74) is 1.11. The lowest BCUT2D eigenvalue weighted by Gasteiger charge is -2.08. The standard InChI is InChI=1S/C15H20FNOS/c1-10(2)7-17-8-15-13(9-18-3)12-6-11(16)4-5-14(12)19-15/h4-6,10,17H,7-9H2,1-3H3. The van der Waals surface area contributed by atoms with E-state index in [1.165, 1.54) is 10.9 Å². The van der Waals surface area contributed by atoms with Crippen molar-refractivity contribution in [3.63, 3.8) is 0 Å². The Morgan fingerprint density at radius 1 is 1.37 bits per heavy atom. The van der Waals surface area contributed by atoms with Crippen molar-refractivity contribution in [1.29, 1.82) is 0 Å². The van der Waals surface area contributed by atoms with Crippen LogP contribution in [0, 0.1) is 11.7 Å². The largest absolute Gasteiger partial charge is 0.380 e. The lowest BCUT2D eigenvalue weighted by Crippen LogP contribution is -2.19. The lowest BCUT2D eigenvalue weighted by atomic mass is 10.1. The Labute approximate surface area is 117 Å². The average molecular weight is 281 g/mol. The third-order valence-electron chi connectivity index (χ3n) is 2.96. The van der Waals surface area contributed by atoms with Gasteiger partial charge in [-0.3, -0.25) is 0 Å². The van der Waals surface area contributed by atoms with Gasteiger partial charge in [-0.1, -0.05) is 13.8 Å². The molecule has 4 heteroatoms. The van der Waals surface area contributed by atoms with Crippen LogP contribution < -0.4 is 5.32 Å². The van der Waals surface area contributed by atoms with E-state index in [-0.39, 0.29) is 5.82 Å². The van der Waals surface area contributed by atoms with E-state index in [0.29, 0.717) is 12.5 Å². The number of rotatable bonds is 6. The molecule has 0 fully saturated rings. The summed E-state index contributed by atoms with van der Waals surface area (Å²) in [6.07, 6.45) is 0. The van der Waals surface area contributed by atoms with Crippen molar-refractivity contribution >= 4 is 21.4 Å². The minimum atomic E-state index is -0.190. The smallest absolute Gasteiger partial charge is 0.123 e. The first-order valence-corrected chi connectivity index (χ1v) is 7.33. The van der Waals surface area contributed by atoms with Crippen LogP contribution in [0.2, 0.25) is 0 Å². The van der Waals surface area contributed by atoms with Crippen molar-refractivity contribution in [3.8, 4) is 0 Å². The fourth-order valence-corrected chi connectivity index (χ4v) is 3.25. The Morgan fingerprint density at radius 3 is 2.84 bits per heavy atom. The first kappa shape index (κ1) is 14.4. The molecule has 0 saturated carbocycles. The van der Waals surface area contributed by atoms with Gasteiger partial charge >= 0.3 is 0 Å². The van der Waals surface area contributed by atoms with E-state index < -0.39 is 0 Å². The molecule has 0 radical (unpaired) electrons. The van der Waals surface area contributed by atoms with Gasteiger partial charge in [0.15, 0.2) is 0 Å². The highest BCUT2D eigenvalue weighted by molar-refractivity contribution is 7.19. The Balaban J connectivity index is 2.28. The molecule has 0 aliphatic heterocycles. The number of benzene rings is 1. The highest BCUT2D eigenvalue weighted by Crippen LogP contribution is 2.32. The van der Waals surface area contributed by atoms with Gasteiger partial charge in [-0.25, -0.2) is 4.39 Å². The van der Waals surface area contributed by atoms with Crippen LogP contribution in [0.3, 0.4) is 0 Å². The molecule has 104 valence electrons. The summed E-state index contributed by atoms with van der Waals surface area (Å²) in [4.78, 5) is 1.24. The maximum absolute atomic E-state index is 13.4. The van der Waals surface area contributed by atoms with Crippen LogP contribution in [-0.4, -0.2) is 13.7 Å². The first-order valence-electron chi connectivity index (χ1n) is 6.51. The fraction of sp³-hybridized carbons (Fsp3) is 0.467. The number of methoxy groups -OCH3 is 1. The average Bonchev–Trinajstić information content (AvgIpc) is 2.68. The van der Waals surface area contributed by atoms with Gasteiger partial charge in [0.25, 0.3) is 0 Å². The predicted molar refractivity (Wildman–Crippen MR) is 79.0 cm³/mol. The molecule has 0 saturated heterocycles.